The third-order valence-corrected chi connectivity index (χ3v) is 3.88. The van der Waals surface area contributed by atoms with Crippen molar-refractivity contribution in [2.75, 3.05) is 30.9 Å². The van der Waals surface area contributed by atoms with E-state index in [2.05, 4.69) is 27.5 Å². The number of nitrogens with one attached hydrogen (secondary N) is 2. The van der Waals surface area contributed by atoms with Gasteiger partial charge in [0.05, 0.1) is 24.1 Å². The minimum Gasteiger partial charge on any atom is -0.478 e. The van der Waals surface area contributed by atoms with Gasteiger partial charge in [0, 0.05) is 26.4 Å². The van der Waals surface area contributed by atoms with Crippen molar-refractivity contribution < 1.29 is 9.53 Å². The highest BCUT2D eigenvalue weighted by Gasteiger charge is 2.15. The van der Waals surface area contributed by atoms with Crippen LogP contribution in [0.15, 0.2) is 36.7 Å². The standard InChI is InChI=1S/C19H25N5O2S/c1-4-5-6-12-26-16-10-9-14(13-21-16)22-19(27)23-18(25)15-8-7-11-20-17(15)24(2)3/h7-11,13H,4-6,12H2,1-3H3,(H2,22,23,25,27). The van der Waals surface area contributed by atoms with Gasteiger partial charge in [-0.3, -0.25) is 10.1 Å². The van der Waals surface area contributed by atoms with Gasteiger partial charge in [0.2, 0.25) is 5.88 Å². The first-order valence-corrected chi connectivity index (χ1v) is 9.25. The summed E-state index contributed by atoms with van der Waals surface area (Å²) in [7, 11) is 3.65. The normalized spacial score (nSPS) is 10.2. The van der Waals surface area contributed by atoms with Gasteiger partial charge in [0.15, 0.2) is 5.11 Å². The molecule has 27 heavy (non-hydrogen) atoms. The van der Waals surface area contributed by atoms with Crippen LogP contribution < -0.4 is 20.3 Å². The first-order chi connectivity index (χ1) is 13.0. The number of hydrogen-bond donors (Lipinski definition) is 2. The molecule has 2 heterocycles. The topological polar surface area (TPSA) is 79.4 Å². The molecule has 0 atom stereocenters. The Morgan fingerprint density at radius 3 is 2.70 bits per heavy atom. The van der Waals surface area contributed by atoms with E-state index in [0.29, 0.717) is 29.6 Å². The highest BCUT2D eigenvalue weighted by Crippen LogP contribution is 2.15. The number of anilines is 2. The summed E-state index contributed by atoms with van der Waals surface area (Å²) in [5, 5.41) is 5.79. The third-order valence-electron chi connectivity index (χ3n) is 3.67. The van der Waals surface area contributed by atoms with E-state index in [1.165, 1.54) is 0 Å². The maximum Gasteiger partial charge on any atom is 0.261 e. The molecular formula is C19H25N5O2S. The molecule has 0 aromatic carbocycles. The lowest BCUT2D eigenvalue weighted by Crippen LogP contribution is -2.35. The van der Waals surface area contributed by atoms with Crippen LogP contribution in [0.25, 0.3) is 0 Å². The highest BCUT2D eigenvalue weighted by atomic mass is 32.1. The van der Waals surface area contributed by atoms with Gasteiger partial charge in [-0.25, -0.2) is 9.97 Å². The van der Waals surface area contributed by atoms with Crippen molar-refractivity contribution >= 4 is 34.7 Å². The van der Waals surface area contributed by atoms with E-state index in [9.17, 15) is 4.79 Å². The van der Waals surface area contributed by atoms with Gasteiger partial charge in [-0.2, -0.15) is 0 Å². The zero-order chi connectivity index (χ0) is 19.6. The van der Waals surface area contributed by atoms with Crippen LogP contribution in [-0.2, 0) is 0 Å². The summed E-state index contributed by atoms with van der Waals surface area (Å²) in [6, 6.07) is 6.98. The summed E-state index contributed by atoms with van der Waals surface area (Å²) < 4.78 is 5.57. The molecule has 144 valence electrons. The quantitative estimate of drug-likeness (QED) is 0.532. The molecule has 0 aliphatic heterocycles. The van der Waals surface area contributed by atoms with Crippen LogP contribution in [0.1, 0.15) is 36.5 Å². The summed E-state index contributed by atoms with van der Waals surface area (Å²) in [6.45, 7) is 2.80. The lowest BCUT2D eigenvalue weighted by atomic mass is 10.2. The van der Waals surface area contributed by atoms with Gasteiger partial charge in [-0.05, 0) is 36.8 Å². The summed E-state index contributed by atoms with van der Waals surface area (Å²) in [5.41, 5.74) is 1.11. The molecule has 0 bridgehead atoms. The molecular weight excluding hydrogens is 362 g/mol. The van der Waals surface area contributed by atoms with Crippen molar-refractivity contribution in [2.45, 2.75) is 26.2 Å². The Bertz CT molecular complexity index is 765. The molecule has 2 aromatic heterocycles. The molecule has 1 amide bonds. The van der Waals surface area contributed by atoms with Crippen LogP contribution in [0, 0.1) is 0 Å². The molecule has 7 nitrogen and oxygen atoms in total. The minimum atomic E-state index is -0.326. The van der Waals surface area contributed by atoms with E-state index < -0.39 is 0 Å². The molecule has 0 fully saturated rings. The number of nitrogens with zero attached hydrogens (tertiary/aromatic N) is 3. The fourth-order valence-corrected chi connectivity index (χ4v) is 2.54. The van der Waals surface area contributed by atoms with Crippen LogP contribution in [0.5, 0.6) is 5.88 Å². The largest absolute Gasteiger partial charge is 0.478 e. The number of ether oxygens (including phenoxy) is 1. The van der Waals surface area contributed by atoms with Crippen LogP contribution in [0.3, 0.4) is 0 Å². The number of amides is 1. The maximum absolute atomic E-state index is 12.5. The smallest absolute Gasteiger partial charge is 0.261 e. The number of hydrogen-bond acceptors (Lipinski definition) is 6. The Balaban J connectivity index is 1.89. The zero-order valence-electron chi connectivity index (χ0n) is 15.9. The molecule has 0 spiro atoms. The van der Waals surface area contributed by atoms with Gasteiger partial charge in [0.1, 0.15) is 5.82 Å². The van der Waals surface area contributed by atoms with Crippen molar-refractivity contribution in [2.24, 2.45) is 0 Å². The van der Waals surface area contributed by atoms with E-state index in [1.54, 1.807) is 41.6 Å². The monoisotopic (exact) mass is 387 g/mol. The molecule has 2 rings (SSSR count). The Kier molecular flexibility index (Phi) is 7.94. The first kappa shape index (κ1) is 20.6. The predicted molar refractivity (Wildman–Crippen MR) is 112 cm³/mol. The van der Waals surface area contributed by atoms with Crippen LogP contribution >= 0.6 is 12.2 Å². The molecule has 0 unspecified atom stereocenters. The van der Waals surface area contributed by atoms with Gasteiger partial charge in [-0.1, -0.05) is 19.8 Å². The lowest BCUT2D eigenvalue weighted by molar-refractivity contribution is 0.0978. The Hall–Kier alpha value is -2.74. The van der Waals surface area contributed by atoms with Crippen molar-refractivity contribution in [1.82, 2.24) is 15.3 Å². The number of thiocarbonyl (C=S) groups is 1. The number of carbonyl (C=O) groups is 1. The molecule has 2 aromatic rings. The summed E-state index contributed by atoms with van der Waals surface area (Å²) in [5.74, 6) is 0.815. The van der Waals surface area contributed by atoms with Crippen LogP contribution in [0.4, 0.5) is 11.5 Å². The van der Waals surface area contributed by atoms with E-state index in [4.69, 9.17) is 17.0 Å². The van der Waals surface area contributed by atoms with Crippen molar-refractivity contribution in [3.05, 3.63) is 42.2 Å². The SMILES string of the molecule is CCCCCOc1ccc(NC(=S)NC(=O)c2cccnc2N(C)C)cn1. The first-order valence-electron chi connectivity index (χ1n) is 8.84. The van der Waals surface area contributed by atoms with E-state index in [-0.39, 0.29) is 11.0 Å². The number of unbranched alkanes of at least 4 members (excludes halogenated alkanes) is 2. The summed E-state index contributed by atoms with van der Waals surface area (Å²) >= 11 is 5.22. The highest BCUT2D eigenvalue weighted by molar-refractivity contribution is 7.80. The molecule has 0 radical (unpaired) electrons. The lowest BCUT2D eigenvalue weighted by Gasteiger charge is -2.16. The number of pyridine rings is 2. The summed E-state index contributed by atoms with van der Waals surface area (Å²) in [6.07, 6.45) is 6.55. The zero-order valence-corrected chi connectivity index (χ0v) is 16.7. The van der Waals surface area contributed by atoms with Gasteiger partial charge < -0.3 is 15.0 Å². The van der Waals surface area contributed by atoms with Crippen molar-refractivity contribution in [1.29, 1.82) is 0 Å². The second-order valence-corrected chi connectivity index (χ2v) is 6.53. The molecule has 0 saturated carbocycles. The molecule has 0 aliphatic rings. The Morgan fingerprint density at radius 1 is 1.22 bits per heavy atom. The van der Waals surface area contributed by atoms with E-state index in [1.807, 2.05) is 14.1 Å². The second-order valence-electron chi connectivity index (χ2n) is 6.12. The van der Waals surface area contributed by atoms with Gasteiger partial charge >= 0.3 is 0 Å². The Labute approximate surface area is 165 Å². The van der Waals surface area contributed by atoms with Gasteiger partial charge in [0.25, 0.3) is 5.91 Å². The fourth-order valence-electron chi connectivity index (χ4n) is 2.33. The molecule has 2 N–H and O–H groups in total. The van der Waals surface area contributed by atoms with E-state index in [0.717, 1.165) is 19.3 Å². The Morgan fingerprint density at radius 2 is 2.04 bits per heavy atom. The minimum absolute atomic E-state index is 0.187. The van der Waals surface area contributed by atoms with Crippen LogP contribution in [-0.4, -0.2) is 41.7 Å². The fraction of sp³-hybridized carbons (Fsp3) is 0.368. The van der Waals surface area contributed by atoms with Crippen molar-refractivity contribution in [3.8, 4) is 5.88 Å². The molecule has 8 heteroatoms. The van der Waals surface area contributed by atoms with E-state index >= 15 is 0 Å². The molecule has 0 saturated heterocycles. The molecule has 0 aliphatic carbocycles. The third kappa shape index (κ3) is 6.49. The van der Waals surface area contributed by atoms with Crippen molar-refractivity contribution in [3.63, 3.8) is 0 Å². The average molecular weight is 388 g/mol. The number of carbonyl (C=O) groups excluding carboxylic acids is 1. The predicted octanol–water partition coefficient (Wildman–Crippen LogP) is 3.24. The second kappa shape index (κ2) is 10.4. The number of rotatable bonds is 8. The van der Waals surface area contributed by atoms with Crippen LogP contribution in [0.2, 0.25) is 0 Å². The maximum atomic E-state index is 12.5. The number of aromatic nitrogens is 2. The average Bonchev–Trinajstić information content (AvgIpc) is 2.66. The van der Waals surface area contributed by atoms with Gasteiger partial charge in [-0.15, -0.1) is 0 Å². The summed E-state index contributed by atoms with van der Waals surface area (Å²) in [4.78, 5) is 22.7.